The molecule has 2 N–H and O–H groups in total. The third kappa shape index (κ3) is 4.24. The molecule has 0 heterocycles. The van der Waals surface area contributed by atoms with Crippen molar-refractivity contribution in [1.29, 1.82) is 0 Å². The maximum absolute atomic E-state index is 13.9. The zero-order chi connectivity index (χ0) is 24.1. The van der Waals surface area contributed by atoms with E-state index in [1.165, 1.54) is 6.92 Å². The normalized spacial score (nSPS) is 34.5. The number of ketones is 1. The maximum atomic E-state index is 13.9. The lowest BCUT2D eigenvalue weighted by molar-refractivity contribution is -0.222. The first-order valence-corrected chi connectivity index (χ1v) is 11.6. The molecule has 0 aliphatic heterocycles. The quantitative estimate of drug-likeness (QED) is 0.494. The Morgan fingerprint density at radius 1 is 1.12 bits per heavy atom. The highest BCUT2D eigenvalue weighted by molar-refractivity contribution is 5.99. The molecule has 5 heteroatoms. The summed E-state index contributed by atoms with van der Waals surface area (Å²) in [5.74, 6) is -0.990. The second-order valence-electron chi connectivity index (χ2n) is 11.2. The summed E-state index contributed by atoms with van der Waals surface area (Å²) in [5.41, 5.74) is 0.578. The third-order valence-electron chi connectivity index (χ3n) is 8.04. The Morgan fingerprint density at radius 2 is 1.78 bits per heavy atom. The van der Waals surface area contributed by atoms with Gasteiger partial charge >= 0.3 is 5.97 Å². The van der Waals surface area contributed by atoms with Gasteiger partial charge in [0.1, 0.15) is 11.4 Å². The minimum Gasteiger partial charge on any atom is -0.508 e. The van der Waals surface area contributed by atoms with Crippen molar-refractivity contribution in [2.24, 2.45) is 22.7 Å². The molecule has 5 nitrogen and oxygen atoms in total. The molecule has 0 bridgehead atoms. The molecule has 0 amide bonds. The number of phenols is 1. The van der Waals surface area contributed by atoms with E-state index >= 15 is 0 Å². The third-order valence-corrected chi connectivity index (χ3v) is 8.04. The zero-order valence-corrected chi connectivity index (χ0v) is 20.5. The van der Waals surface area contributed by atoms with E-state index in [9.17, 15) is 19.8 Å². The van der Waals surface area contributed by atoms with Crippen LogP contribution in [0.5, 0.6) is 5.75 Å². The first-order chi connectivity index (χ1) is 14.7. The van der Waals surface area contributed by atoms with Crippen LogP contribution in [0.15, 0.2) is 24.3 Å². The Labute approximate surface area is 191 Å². The SMILES string of the molecule is CC(=O)OC1(C)CC(O)C2C(C)(C)CCCC2(C)C1C(=O)C=C(C)c1ccc(C)c(O)c1. The van der Waals surface area contributed by atoms with E-state index in [-0.39, 0.29) is 29.3 Å². The molecule has 0 saturated heterocycles. The van der Waals surface area contributed by atoms with Crippen LogP contribution >= 0.6 is 0 Å². The summed E-state index contributed by atoms with van der Waals surface area (Å²) in [6, 6.07) is 5.38. The highest BCUT2D eigenvalue weighted by Crippen LogP contribution is 2.63. The summed E-state index contributed by atoms with van der Waals surface area (Å²) in [6.07, 6.45) is 3.96. The largest absolute Gasteiger partial charge is 0.508 e. The van der Waals surface area contributed by atoms with Gasteiger partial charge in [0.15, 0.2) is 5.78 Å². The molecule has 0 radical (unpaired) electrons. The Morgan fingerprint density at radius 3 is 2.38 bits per heavy atom. The van der Waals surface area contributed by atoms with E-state index in [2.05, 4.69) is 20.8 Å². The van der Waals surface area contributed by atoms with Gasteiger partial charge in [-0.25, -0.2) is 0 Å². The number of aromatic hydroxyl groups is 1. The van der Waals surface area contributed by atoms with Crippen molar-refractivity contribution >= 4 is 17.3 Å². The van der Waals surface area contributed by atoms with E-state index < -0.39 is 29.0 Å². The lowest BCUT2D eigenvalue weighted by Gasteiger charge is -2.62. The summed E-state index contributed by atoms with van der Waals surface area (Å²) < 4.78 is 5.80. The van der Waals surface area contributed by atoms with E-state index in [0.717, 1.165) is 36.0 Å². The molecule has 176 valence electrons. The van der Waals surface area contributed by atoms with Crippen molar-refractivity contribution in [3.63, 3.8) is 0 Å². The molecule has 3 rings (SSSR count). The molecule has 1 aromatic carbocycles. The molecular formula is C27H38O5. The number of hydrogen-bond donors (Lipinski definition) is 2. The molecule has 2 fully saturated rings. The lowest BCUT2D eigenvalue weighted by Crippen LogP contribution is -2.65. The van der Waals surface area contributed by atoms with Gasteiger partial charge in [-0.05, 0) is 79.2 Å². The molecule has 0 aromatic heterocycles. The van der Waals surface area contributed by atoms with Crippen LogP contribution in [0.2, 0.25) is 0 Å². The van der Waals surface area contributed by atoms with E-state index in [0.29, 0.717) is 0 Å². The lowest BCUT2D eigenvalue weighted by atomic mass is 9.44. The summed E-state index contributed by atoms with van der Waals surface area (Å²) in [5, 5.41) is 21.3. The number of benzene rings is 1. The fourth-order valence-corrected chi connectivity index (χ4v) is 7.05. The van der Waals surface area contributed by atoms with Gasteiger partial charge < -0.3 is 14.9 Å². The van der Waals surface area contributed by atoms with Gasteiger partial charge in [0.25, 0.3) is 0 Å². The van der Waals surface area contributed by atoms with Gasteiger partial charge in [0, 0.05) is 13.3 Å². The van der Waals surface area contributed by atoms with Crippen LogP contribution < -0.4 is 0 Å². The molecule has 5 atom stereocenters. The van der Waals surface area contributed by atoms with Gasteiger partial charge in [-0.3, -0.25) is 9.59 Å². The molecule has 2 saturated carbocycles. The molecule has 2 aliphatic rings. The number of aliphatic hydroxyl groups is 1. The van der Waals surface area contributed by atoms with Gasteiger partial charge in [-0.1, -0.05) is 39.3 Å². The number of allylic oxidation sites excluding steroid dienone is 2. The summed E-state index contributed by atoms with van der Waals surface area (Å²) in [6.45, 7) is 13.3. The molecular weight excluding hydrogens is 404 g/mol. The Hall–Kier alpha value is -2.14. The minimum absolute atomic E-state index is 0.0709. The number of aliphatic hydroxyl groups excluding tert-OH is 1. The van der Waals surface area contributed by atoms with E-state index in [1.54, 1.807) is 19.1 Å². The second kappa shape index (κ2) is 8.33. The number of aryl methyl sites for hydroxylation is 1. The predicted molar refractivity (Wildman–Crippen MR) is 125 cm³/mol. The smallest absolute Gasteiger partial charge is 0.303 e. The predicted octanol–water partition coefficient (Wildman–Crippen LogP) is 5.21. The summed E-state index contributed by atoms with van der Waals surface area (Å²) >= 11 is 0. The number of carbonyl (C=O) groups excluding carboxylic acids is 2. The highest BCUT2D eigenvalue weighted by atomic mass is 16.6. The molecule has 2 aliphatic carbocycles. The minimum atomic E-state index is -1.09. The summed E-state index contributed by atoms with van der Waals surface area (Å²) in [7, 11) is 0. The first kappa shape index (κ1) is 24.5. The van der Waals surface area contributed by atoms with Crippen molar-refractivity contribution < 1.29 is 24.5 Å². The first-order valence-electron chi connectivity index (χ1n) is 11.6. The average Bonchev–Trinajstić information content (AvgIpc) is 2.60. The second-order valence-corrected chi connectivity index (χ2v) is 11.2. The van der Waals surface area contributed by atoms with Crippen molar-refractivity contribution in [2.75, 3.05) is 0 Å². The van der Waals surface area contributed by atoms with Gasteiger partial charge in [-0.2, -0.15) is 0 Å². The highest BCUT2D eigenvalue weighted by Gasteiger charge is 2.64. The van der Waals surface area contributed by atoms with Crippen LogP contribution in [0, 0.1) is 29.6 Å². The summed E-state index contributed by atoms with van der Waals surface area (Å²) in [4.78, 5) is 25.9. The monoisotopic (exact) mass is 442 g/mol. The Balaban J connectivity index is 2.09. The van der Waals surface area contributed by atoms with Crippen molar-refractivity contribution in [1.82, 2.24) is 0 Å². The number of fused-ring (bicyclic) bond motifs is 1. The number of ether oxygens (including phenoxy) is 1. The van der Waals surface area contributed by atoms with Crippen LogP contribution in [0.4, 0.5) is 0 Å². The maximum Gasteiger partial charge on any atom is 0.303 e. The van der Waals surface area contributed by atoms with Gasteiger partial charge in [-0.15, -0.1) is 0 Å². The van der Waals surface area contributed by atoms with Crippen LogP contribution in [0.3, 0.4) is 0 Å². The molecule has 1 aromatic rings. The fourth-order valence-electron chi connectivity index (χ4n) is 7.05. The Kier molecular flexibility index (Phi) is 6.38. The molecule has 32 heavy (non-hydrogen) atoms. The number of esters is 1. The van der Waals surface area contributed by atoms with Crippen LogP contribution in [0.25, 0.3) is 5.57 Å². The average molecular weight is 443 g/mol. The number of carbonyl (C=O) groups is 2. The topological polar surface area (TPSA) is 83.8 Å². The zero-order valence-electron chi connectivity index (χ0n) is 20.5. The van der Waals surface area contributed by atoms with Crippen molar-refractivity contribution in [3.8, 4) is 5.75 Å². The molecule has 5 unspecified atom stereocenters. The van der Waals surface area contributed by atoms with Gasteiger partial charge in [0.2, 0.25) is 0 Å². The van der Waals surface area contributed by atoms with Crippen LogP contribution in [-0.2, 0) is 14.3 Å². The van der Waals surface area contributed by atoms with Crippen LogP contribution in [0.1, 0.15) is 78.4 Å². The standard InChI is InChI=1S/C27H38O5/c1-16-9-10-19(14-20(16)29)17(2)13-21(30)24-26(6)12-8-11-25(4,5)23(26)22(31)15-27(24,7)32-18(3)28/h9-10,13-14,22-24,29,31H,8,11-12,15H2,1-7H3. The fraction of sp³-hybridized carbons (Fsp3) is 0.630. The number of phenolic OH excluding ortho intramolecular Hbond substituents is 1. The van der Waals surface area contributed by atoms with Gasteiger partial charge in [0.05, 0.1) is 12.0 Å². The van der Waals surface area contributed by atoms with Crippen LogP contribution in [-0.4, -0.2) is 33.7 Å². The molecule has 0 spiro atoms. The van der Waals surface area contributed by atoms with Crippen molar-refractivity contribution in [3.05, 3.63) is 35.4 Å². The van der Waals surface area contributed by atoms with Crippen molar-refractivity contribution in [2.45, 2.75) is 85.9 Å². The number of hydrogen-bond acceptors (Lipinski definition) is 5. The Bertz CT molecular complexity index is 945. The number of rotatable bonds is 4. The van der Waals surface area contributed by atoms with E-state index in [1.807, 2.05) is 26.0 Å². The van der Waals surface area contributed by atoms with E-state index in [4.69, 9.17) is 4.74 Å².